The van der Waals surface area contributed by atoms with Crippen LogP contribution in [-0.4, -0.2) is 23.8 Å². The number of hydrogen-bond acceptors (Lipinski definition) is 3. The summed E-state index contributed by atoms with van der Waals surface area (Å²) < 4.78 is 0. The van der Waals surface area contributed by atoms with Crippen LogP contribution in [0.1, 0.15) is 31.8 Å². The first-order valence-corrected chi connectivity index (χ1v) is 6.86. The second-order valence-corrected chi connectivity index (χ2v) is 5.12. The van der Waals surface area contributed by atoms with Crippen molar-refractivity contribution in [3.8, 4) is 12.3 Å². The van der Waals surface area contributed by atoms with Crippen LogP contribution in [0.4, 0.5) is 5.69 Å². The van der Waals surface area contributed by atoms with Crippen molar-refractivity contribution in [1.82, 2.24) is 4.90 Å². The molecule has 0 saturated carbocycles. The number of amides is 2. The molecule has 0 aromatic heterocycles. The summed E-state index contributed by atoms with van der Waals surface area (Å²) in [6, 6.07) is 12.9. The Kier molecular flexibility index (Phi) is 3.40. The molecule has 0 saturated heterocycles. The fraction of sp³-hybridized carbons (Fsp3) is 0.111. The Hall–Kier alpha value is -3.06. The molecule has 2 amide bonds. The summed E-state index contributed by atoms with van der Waals surface area (Å²) in [5.74, 6) is 2.07. The monoisotopic (exact) mass is 290 g/mol. The van der Waals surface area contributed by atoms with E-state index in [1.807, 2.05) is 30.3 Å². The summed E-state index contributed by atoms with van der Waals surface area (Å²) in [6.07, 6.45) is 5.32. The number of anilines is 1. The molecule has 4 heteroatoms. The van der Waals surface area contributed by atoms with Gasteiger partial charge in [-0.25, -0.2) is 0 Å². The molecule has 0 aliphatic carbocycles. The Morgan fingerprint density at radius 1 is 1.05 bits per heavy atom. The van der Waals surface area contributed by atoms with Crippen LogP contribution >= 0.6 is 0 Å². The molecule has 4 nitrogen and oxygen atoms in total. The number of hydrogen-bond donors (Lipinski definition) is 1. The van der Waals surface area contributed by atoms with E-state index in [-0.39, 0.29) is 11.8 Å². The molecule has 0 unspecified atom stereocenters. The van der Waals surface area contributed by atoms with E-state index >= 15 is 0 Å². The molecular formula is C18H14N2O2. The molecule has 0 radical (unpaired) electrons. The number of carbonyl (C=O) groups is 2. The van der Waals surface area contributed by atoms with Crippen LogP contribution in [0.3, 0.4) is 0 Å². The van der Waals surface area contributed by atoms with Gasteiger partial charge in [-0.3, -0.25) is 14.5 Å². The summed E-state index contributed by atoms with van der Waals surface area (Å²) >= 11 is 0. The van der Waals surface area contributed by atoms with Crippen LogP contribution in [-0.2, 0) is 6.54 Å². The first-order chi connectivity index (χ1) is 10.6. The van der Waals surface area contributed by atoms with Gasteiger partial charge in [-0.15, -0.1) is 6.42 Å². The van der Waals surface area contributed by atoms with E-state index in [0.717, 1.165) is 21.7 Å². The average Bonchev–Trinajstić information content (AvgIpc) is 2.78. The summed E-state index contributed by atoms with van der Waals surface area (Å²) in [5, 5.41) is 3.26. The normalized spacial score (nSPS) is 13.0. The van der Waals surface area contributed by atoms with Gasteiger partial charge < -0.3 is 5.32 Å². The van der Waals surface area contributed by atoms with Gasteiger partial charge in [0.25, 0.3) is 11.8 Å². The van der Waals surface area contributed by atoms with Crippen LogP contribution in [0.2, 0.25) is 0 Å². The van der Waals surface area contributed by atoms with E-state index in [1.165, 1.54) is 7.05 Å². The lowest BCUT2D eigenvalue weighted by molar-refractivity contribution is 0.0693. The lowest BCUT2D eigenvalue weighted by Crippen LogP contribution is -2.24. The number of terminal acetylenes is 1. The van der Waals surface area contributed by atoms with E-state index in [0.29, 0.717) is 17.7 Å². The maximum Gasteiger partial charge on any atom is 0.261 e. The quantitative estimate of drug-likeness (QED) is 0.698. The number of benzene rings is 2. The summed E-state index contributed by atoms with van der Waals surface area (Å²) in [5.41, 5.74) is 3.65. The van der Waals surface area contributed by atoms with Gasteiger partial charge in [0.1, 0.15) is 0 Å². The minimum Gasteiger partial charge on any atom is -0.381 e. The summed E-state index contributed by atoms with van der Waals surface area (Å²) in [6.45, 7) is 0.563. The number of rotatable bonds is 3. The minimum atomic E-state index is -0.250. The molecule has 2 aromatic rings. The molecular weight excluding hydrogens is 276 g/mol. The SMILES string of the molecule is C#Cc1ccc(NCc2ccc3c(c2)C(=O)N(C)C3=O)cc1. The van der Waals surface area contributed by atoms with Crippen LogP contribution in [0.5, 0.6) is 0 Å². The zero-order valence-electron chi connectivity index (χ0n) is 12.1. The van der Waals surface area contributed by atoms with Crippen molar-refractivity contribution in [2.45, 2.75) is 6.54 Å². The third-order valence-corrected chi connectivity index (χ3v) is 3.70. The fourth-order valence-corrected chi connectivity index (χ4v) is 2.41. The Morgan fingerprint density at radius 2 is 1.73 bits per heavy atom. The van der Waals surface area contributed by atoms with Gasteiger partial charge in [0.2, 0.25) is 0 Å². The number of nitrogens with one attached hydrogen (secondary N) is 1. The molecule has 1 aliphatic heterocycles. The van der Waals surface area contributed by atoms with Crippen LogP contribution in [0.25, 0.3) is 0 Å². The zero-order chi connectivity index (χ0) is 15.7. The first-order valence-electron chi connectivity index (χ1n) is 6.86. The molecule has 0 spiro atoms. The molecule has 0 bridgehead atoms. The van der Waals surface area contributed by atoms with E-state index < -0.39 is 0 Å². The van der Waals surface area contributed by atoms with Gasteiger partial charge >= 0.3 is 0 Å². The minimum absolute atomic E-state index is 0.246. The third-order valence-electron chi connectivity index (χ3n) is 3.70. The molecule has 0 fully saturated rings. The molecule has 108 valence electrons. The van der Waals surface area contributed by atoms with Gasteiger partial charge in [0.05, 0.1) is 11.1 Å². The molecule has 3 rings (SSSR count). The van der Waals surface area contributed by atoms with Crippen molar-refractivity contribution in [1.29, 1.82) is 0 Å². The van der Waals surface area contributed by atoms with Crippen molar-refractivity contribution < 1.29 is 9.59 Å². The zero-order valence-corrected chi connectivity index (χ0v) is 12.1. The largest absolute Gasteiger partial charge is 0.381 e. The van der Waals surface area contributed by atoms with Crippen LogP contribution in [0.15, 0.2) is 42.5 Å². The van der Waals surface area contributed by atoms with E-state index in [2.05, 4.69) is 11.2 Å². The van der Waals surface area contributed by atoms with E-state index in [1.54, 1.807) is 12.1 Å². The third kappa shape index (κ3) is 2.33. The molecule has 1 heterocycles. The average molecular weight is 290 g/mol. The molecule has 0 atom stereocenters. The topological polar surface area (TPSA) is 49.4 Å². The predicted molar refractivity (Wildman–Crippen MR) is 84.6 cm³/mol. The van der Waals surface area contributed by atoms with Crippen LogP contribution < -0.4 is 5.32 Å². The van der Waals surface area contributed by atoms with E-state index in [4.69, 9.17) is 6.42 Å². The predicted octanol–water partition coefficient (Wildman–Crippen LogP) is 2.51. The maximum atomic E-state index is 12.0. The van der Waals surface area contributed by atoms with Gasteiger partial charge in [-0.2, -0.15) is 0 Å². The number of imide groups is 1. The fourth-order valence-electron chi connectivity index (χ4n) is 2.41. The van der Waals surface area contributed by atoms with Crippen molar-refractivity contribution >= 4 is 17.5 Å². The van der Waals surface area contributed by atoms with Crippen molar-refractivity contribution in [3.63, 3.8) is 0 Å². The van der Waals surface area contributed by atoms with Gasteiger partial charge in [0, 0.05) is 24.8 Å². The lowest BCUT2D eigenvalue weighted by atomic mass is 10.1. The van der Waals surface area contributed by atoms with Gasteiger partial charge in [-0.1, -0.05) is 12.0 Å². The van der Waals surface area contributed by atoms with E-state index in [9.17, 15) is 9.59 Å². The second-order valence-electron chi connectivity index (χ2n) is 5.12. The Balaban J connectivity index is 1.76. The van der Waals surface area contributed by atoms with Crippen molar-refractivity contribution in [2.75, 3.05) is 12.4 Å². The smallest absolute Gasteiger partial charge is 0.261 e. The van der Waals surface area contributed by atoms with Gasteiger partial charge in [0.15, 0.2) is 0 Å². The highest BCUT2D eigenvalue weighted by Gasteiger charge is 2.32. The van der Waals surface area contributed by atoms with Crippen molar-refractivity contribution in [3.05, 3.63) is 64.7 Å². The maximum absolute atomic E-state index is 12.0. The Labute approximate surface area is 128 Å². The molecule has 22 heavy (non-hydrogen) atoms. The second kappa shape index (κ2) is 5.38. The van der Waals surface area contributed by atoms with Crippen molar-refractivity contribution in [2.24, 2.45) is 0 Å². The van der Waals surface area contributed by atoms with Gasteiger partial charge in [-0.05, 0) is 42.0 Å². The first kappa shape index (κ1) is 13.9. The molecule has 2 aromatic carbocycles. The molecule has 1 N–H and O–H groups in total. The molecule has 1 aliphatic rings. The number of fused-ring (bicyclic) bond motifs is 1. The number of nitrogens with zero attached hydrogens (tertiary/aromatic N) is 1. The Bertz CT molecular complexity index is 801. The highest BCUT2D eigenvalue weighted by molar-refractivity contribution is 6.21. The lowest BCUT2D eigenvalue weighted by Gasteiger charge is -2.07. The van der Waals surface area contributed by atoms with Crippen LogP contribution in [0, 0.1) is 12.3 Å². The standard InChI is InChI=1S/C18H14N2O2/c1-3-12-4-7-14(8-5-12)19-11-13-6-9-15-16(10-13)18(22)20(2)17(15)21/h1,4-10,19H,11H2,2H3. The number of carbonyl (C=O) groups excluding carboxylic acids is 2. The highest BCUT2D eigenvalue weighted by atomic mass is 16.2. The Morgan fingerprint density at radius 3 is 2.41 bits per heavy atom. The highest BCUT2D eigenvalue weighted by Crippen LogP contribution is 2.23. The summed E-state index contributed by atoms with van der Waals surface area (Å²) in [7, 11) is 1.50. The summed E-state index contributed by atoms with van der Waals surface area (Å²) in [4.78, 5) is 24.9.